The van der Waals surface area contributed by atoms with E-state index in [1.807, 2.05) is 15.8 Å². The highest BCUT2D eigenvalue weighted by Crippen LogP contribution is 2.23. The van der Waals surface area contributed by atoms with Gasteiger partial charge in [-0.2, -0.15) is 0 Å². The van der Waals surface area contributed by atoms with E-state index >= 15 is 0 Å². The summed E-state index contributed by atoms with van der Waals surface area (Å²) in [6, 6.07) is 0.721. The van der Waals surface area contributed by atoms with Crippen LogP contribution in [0.2, 0.25) is 0 Å². The lowest BCUT2D eigenvalue weighted by molar-refractivity contribution is 0.0702. The third-order valence-electron chi connectivity index (χ3n) is 5.72. The zero-order valence-electron chi connectivity index (χ0n) is 14.4. The van der Waals surface area contributed by atoms with E-state index < -0.39 is 0 Å². The average molecular weight is 332 g/mol. The van der Waals surface area contributed by atoms with Gasteiger partial charge in [-0.15, -0.1) is 5.10 Å². The van der Waals surface area contributed by atoms with Crippen LogP contribution in [0.3, 0.4) is 0 Å². The van der Waals surface area contributed by atoms with Gasteiger partial charge in [-0.1, -0.05) is 5.21 Å². The van der Waals surface area contributed by atoms with E-state index in [2.05, 4.69) is 20.5 Å². The van der Waals surface area contributed by atoms with Crippen LogP contribution in [-0.4, -0.2) is 76.0 Å². The molecular weight excluding hydrogens is 304 g/mol. The van der Waals surface area contributed by atoms with Crippen LogP contribution in [0.5, 0.6) is 0 Å². The molecule has 4 heterocycles. The van der Waals surface area contributed by atoms with Crippen molar-refractivity contribution in [3.8, 4) is 0 Å². The number of rotatable bonds is 4. The van der Waals surface area contributed by atoms with E-state index in [1.54, 1.807) is 0 Å². The van der Waals surface area contributed by atoms with E-state index in [0.29, 0.717) is 17.8 Å². The molecule has 132 valence electrons. The molecule has 0 bridgehead atoms. The fourth-order valence-corrected chi connectivity index (χ4v) is 4.33. The van der Waals surface area contributed by atoms with Crippen LogP contribution in [0.25, 0.3) is 0 Å². The van der Waals surface area contributed by atoms with Crippen LogP contribution in [0.1, 0.15) is 55.1 Å². The molecule has 1 unspecified atom stereocenters. The Bertz CT molecular complexity index is 561. The maximum atomic E-state index is 12.9. The van der Waals surface area contributed by atoms with Gasteiger partial charge in [-0.05, 0) is 64.7 Å². The summed E-state index contributed by atoms with van der Waals surface area (Å²) < 4.78 is 1.90. The van der Waals surface area contributed by atoms with Crippen LogP contribution in [-0.2, 0) is 0 Å². The first-order valence-electron chi connectivity index (χ1n) is 9.47. The third-order valence-corrected chi connectivity index (χ3v) is 5.72. The Hall–Kier alpha value is -1.47. The number of hydrogen-bond acceptors (Lipinski definition) is 5. The molecule has 3 fully saturated rings. The number of nitrogens with one attached hydrogen (secondary N) is 1. The smallest absolute Gasteiger partial charge is 0.276 e. The minimum Gasteiger partial charge on any atom is -0.333 e. The molecule has 0 spiro atoms. The van der Waals surface area contributed by atoms with Crippen molar-refractivity contribution in [1.82, 2.24) is 30.1 Å². The topological polar surface area (TPSA) is 66.3 Å². The molecule has 3 saturated heterocycles. The van der Waals surface area contributed by atoms with Gasteiger partial charge in [-0.3, -0.25) is 4.79 Å². The maximum absolute atomic E-state index is 12.9. The number of aromatic nitrogens is 3. The van der Waals surface area contributed by atoms with Gasteiger partial charge in [0.25, 0.3) is 5.91 Å². The Morgan fingerprint density at radius 2 is 1.92 bits per heavy atom. The Morgan fingerprint density at radius 1 is 1.12 bits per heavy atom. The highest BCUT2D eigenvalue weighted by atomic mass is 16.2. The minimum atomic E-state index is 0.0666. The lowest BCUT2D eigenvalue weighted by Gasteiger charge is -2.28. The quantitative estimate of drug-likeness (QED) is 0.887. The molecule has 1 aromatic rings. The maximum Gasteiger partial charge on any atom is 0.276 e. The molecule has 0 aromatic carbocycles. The van der Waals surface area contributed by atoms with Crippen molar-refractivity contribution < 1.29 is 4.79 Å². The van der Waals surface area contributed by atoms with Crippen molar-refractivity contribution in [2.45, 2.75) is 50.6 Å². The second kappa shape index (κ2) is 7.19. The largest absolute Gasteiger partial charge is 0.333 e. The summed E-state index contributed by atoms with van der Waals surface area (Å²) in [4.78, 5) is 17.4. The van der Waals surface area contributed by atoms with Gasteiger partial charge in [0.15, 0.2) is 5.69 Å². The van der Waals surface area contributed by atoms with E-state index in [0.717, 1.165) is 51.9 Å². The summed E-state index contributed by atoms with van der Waals surface area (Å²) in [6.45, 7) is 6.27. The lowest BCUT2D eigenvalue weighted by Crippen LogP contribution is -2.42. The molecule has 1 N–H and O–H groups in total. The molecule has 3 aliphatic rings. The molecule has 0 saturated carbocycles. The first kappa shape index (κ1) is 16.0. The van der Waals surface area contributed by atoms with Gasteiger partial charge in [0.2, 0.25) is 0 Å². The molecule has 4 rings (SSSR count). The van der Waals surface area contributed by atoms with Gasteiger partial charge in [0, 0.05) is 19.1 Å². The Labute approximate surface area is 143 Å². The Morgan fingerprint density at radius 3 is 2.71 bits per heavy atom. The SMILES string of the molecule is O=C(c1cn(C2CCNCC2)nn1)N1CCCC1CN1CCCC1. The number of likely N-dealkylation sites (tertiary alicyclic amines) is 2. The van der Waals surface area contributed by atoms with Crippen LogP contribution >= 0.6 is 0 Å². The molecule has 1 amide bonds. The predicted octanol–water partition coefficient (Wildman–Crippen LogP) is 0.903. The average Bonchev–Trinajstić information content (AvgIpc) is 3.37. The molecule has 0 aliphatic carbocycles. The zero-order valence-corrected chi connectivity index (χ0v) is 14.4. The van der Waals surface area contributed by atoms with E-state index in [-0.39, 0.29) is 5.91 Å². The molecule has 3 aliphatic heterocycles. The normalized spacial score (nSPS) is 26.3. The first-order valence-corrected chi connectivity index (χ1v) is 9.47. The number of carbonyl (C=O) groups excluding carboxylic acids is 1. The summed E-state index contributed by atoms with van der Waals surface area (Å²) in [5.41, 5.74) is 0.516. The molecule has 1 aromatic heterocycles. The van der Waals surface area contributed by atoms with E-state index in [4.69, 9.17) is 0 Å². The number of nitrogens with zero attached hydrogens (tertiary/aromatic N) is 5. The summed E-state index contributed by atoms with van der Waals surface area (Å²) in [5.74, 6) is 0.0666. The molecule has 7 heteroatoms. The molecule has 24 heavy (non-hydrogen) atoms. The fourth-order valence-electron chi connectivity index (χ4n) is 4.33. The second-order valence-corrected chi connectivity index (χ2v) is 7.37. The third kappa shape index (κ3) is 3.32. The Balaban J connectivity index is 1.41. The minimum absolute atomic E-state index is 0.0666. The summed E-state index contributed by atoms with van der Waals surface area (Å²) in [7, 11) is 0. The Kier molecular flexibility index (Phi) is 4.80. The molecule has 1 atom stereocenters. The van der Waals surface area contributed by atoms with Gasteiger partial charge in [0.05, 0.1) is 12.2 Å². The number of amides is 1. The van der Waals surface area contributed by atoms with Crippen molar-refractivity contribution in [3.63, 3.8) is 0 Å². The van der Waals surface area contributed by atoms with Crippen molar-refractivity contribution >= 4 is 5.91 Å². The summed E-state index contributed by atoms with van der Waals surface area (Å²) in [6.07, 6.45) is 8.79. The van der Waals surface area contributed by atoms with Gasteiger partial charge >= 0.3 is 0 Å². The summed E-state index contributed by atoms with van der Waals surface area (Å²) >= 11 is 0. The highest BCUT2D eigenvalue weighted by Gasteiger charge is 2.33. The molecule has 7 nitrogen and oxygen atoms in total. The highest BCUT2D eigenvalue weighted by molar-refractivity contribution is 5.92. The standard InChI is InChI=1S/C17H28N6O/c24-17(16-13-23(20-19-16)14-5-7-18-8-6-14)22-11-3-4-15(22)12-21-9-1-2-10-21/h13-15,18H,1-12H2. The number of piperidine rings is 1. The van der Waals surface area contributed by atoms with Crippen molar-refractivity contribution in [1.29, 1.82) is 0 Å². The first-order chi connectivity index (χ1) is 11.8. The van der Waals surface area contributed by atoms with Crippen LogP contribution in [0.4, 0.5) is 0 Å². The predicted molar refractivity (Wildman–Crippen MR) is 90.9 cm³/mol. The monoisotopic (exact) mass is 332 g/mol. The van der Waals surface area contributed by atoms with Crippen molar-refractivity contribution in [3.05, 3.63) is 11.9 Å². The van der Waals surface area contributed by atoms with Crippen LogP contribution in [0, 0.1) is 0 Å². The van der Waals surface area contributed by atoms with E-state index in [9.17, 15) is 4.79 Å². The number of carbonyl (C=O) groups is 1. The lowest BCUT2D eigenvalue weighted by atomic mass is 10.1. The second-order valence-electron chi connectivity index (χ2n) is 7.37. The van der Waals surface area contributed by atoms with Gasteiger partial charge < -0.3 is 15.1 Å². The van der Waals surface area contributed by atoms with Crippen LogP contribution in [0.15, 0.2) is 6.20 Å². The number of hydrogen-bond donors (Lipinski definition) is 1. The van der Waals surface area contributed by atoms with E-state index in [1.165, 1.54) is 25.9 Å². The van der Waals surface area contributed by atoms with Gasteiger partial charge in [0.1, 0.15) is 0 Å². The van der Waals surface area contributed by atoms with Crippen LogP contribution < -0.4 is 5.32 Å². The molecular formula is C17H28N6O. The molecule has 0 radical (unpaired) electrons. The summed E-state index contributed by atoms with van der Waals surface area (Å²) in [5, 5.41) is 11.8. The zero-order chi connectivity index (χ0) is 16.4. The van der Waals surface area contributed by atoms with Crippen molar-refractivity contribution in [2.24, 2.45) is 0 Å². The van der Waals surface area contributed by atoms with Crippen molar-refractivity contribution in [2.75, 3.05) is 39.3 Å². The fraction of sp³-hybridized carbons (Fsp3) is 0.824. The van der Waals surface area contributed by atoms with Gasteiger partial charge in [-0.25, -0.2) is 4.68 Å².